The molecule has 0 N–H and O–H groups in total. The van der Waals surface area contributed by atoms with Gasteiger partial charge in [0.1, 0.15) is 0 Å². The maximum atomic E-state index is 3.43. The van der Waals surface area contributed by atoms with E-state index in [2.05, 4.69) is 50.3 Å². The summed E-state index contributed by atoms with van der Waals surface area (Å²) in [6.07, 6.45) is 0. The summed E-state index contributed by atoms with van der Waals surface area (Å²) in [6.45, 7) is 2.08. The number of aryl methyl sites for hydroxylation is 1. The third-order valence-electron chi connectivity index (χ3n) is 1.16. The van der Waals surface area contributed by atoms with Crippen LogP contribution in [0.5, 0.6) is 0 Å². The molecule has 48 valence electrons. The number of hydrogen-bond acceptors (Lipinski definition) is 0. The summed E-state index contributed by atoms with van der Waals surface area (Å²) in [4.78, 5) is 0. The second-order valence-corrected chi connectivity index (χ2v) is 3.50. The van der Waals surface area contributed by atoms with Crippen molar-refractivity contribution in [1.82, 2.24) is 0 Å². The van der Waals surface area contributed by atoms with Crippen LogP contribution < -0.4 is 5.30 Å². The molecule has 0 saturated carbocycles. The van der Waals surface area contributed by atoms with Gasteiger partial charge in [0.05, 0.1) is 0 Å². The maximum Gasteiger partial charge on any atom is 0.0249 e. The van der Waals surface area contributed by atoms with Crippen molar-refractivity contribution in [3.8, 4) is 0 Å². The molecule has 2 heteroatoms. The molecule has 0 spiro atoms. The van der Waals surface area contributed by atoms with Gasteiger partial charge in [-0.15, -0.1) is 9.24 Å². The predicted molar refractivity (Wildman–Crippen MR) is 48.2 cm³/mol. The van der Waals surface area contributed by atoms with E-state index in [4.69, 9.17) is 0 Å². The normalized spacial score (nSPS) is 9.67. The first-order chi connectivity index (χ1) is 4.20. The first-order valence-electron chi connectivity index (χ1n) is 2.72. The summed E-state index contributed by atoms with van der Waals surface area (Å²) in [6, 6.07) is 6.26. The molecular weight excluding hydrogens is 195 g/mol. The van der Waals surface area contributed by atoms with Crippen LogP contribution in [0.2, 0.25) is 0 Å². The zero-order chi connectivity index (χ0) is 6.85. The summed E-state index contributed by atoms with van der Waals surface area (Å²) >= 11 is 3.43. The van der Waals surface area contributed by atoms with E-state index < -0.39 is 0 Å². The molecule has 0 amide bonds. The molecule has 0 nitrogen and oxygen atoms in total. The van der Waals surface area contributed by atoms with Gasteiger partial charge in [-0.3, -0.25) is 0 Å². The fourth-order valence-electron chi connectivity index (χ4n) is 0.632. The van der Waals surface area contributed by atoms with Gasteiger partial charge in [0.2, 0.25) is 0 Å². The Morgan fingerprint density at radius 1 is 1.44 bits per heavy atom. The van der Waals surface area contributed by atoms with E-state index in [1.54, 1.807) is 0 Å². The number of halogens is 1. The van der Waals surface area contributed by atoms with Crippen molar-refractivity contribution in [3.05, 3.63) is 28.2 Å². The zero-order valence-corrected chi connectivity index (χ0v) is 7.93. The van der Waals surface area contributed by atoms with Crippen LogP contribution in [-0.2, 0) is 0 Å². The Bertz CT molecular complexity index is 220. The van der Waals surface area contributed by atoms with Gasteiger partial charge in [-0.25, -0.2) is 0 Å². The summed E-state index contributed by atoms with van der Waals surface area (Å²) in [7, 11) is 2.66. The van der Waals surface area contributed by atoms with Gasteiger partial charge in [-0.05, 0) is 23.9 Å². The summed E-state index contributed by atoms with van der Waals surface area (Å²) in [5.41, 5.74) is 1.29. The molecule has 0 aliphatic heterocycles. The Hall–Kier alpha value is 0.130. The van der Waals surface area contributed by atoms with Crippen LogP contribution in [0.25, 0.3) is 0 Å². The van der Waals surface area contributed by atoms with Crippen molar-refractivity contribution in [2.45, 2.75) is 6.92 Å². The lowest BCUT2D eigenvalue weighted by Gasteiger charge is -1.96. The molecule has 0 radical (unpaired) electrons. The standard InChI is InChI=1S/C7H8BrP/c1-5-2-3-7(9)6(8)4-5/h2-4H,9H2,1H3. The minimum atomic E-state index is 1.16. The Morgan fingerprint density at radius 3 is 2.56 bits per heavy atom. The number of rotatable bonds is 0. The quantitative estimate of drug-likeness (QED) is 0.567. The molecule has 1 aromatic rings. The highest BCUT2D eigenvalue weighted by atomic mass is 79.9. The highest BCUT2D eigenvalue weighted by Crippen LogP contribution is 2.10. The van der Waals surface area contributed by atoms with Gasteiger partial charge in [0.15, 0.2) is 0 Å². The van der Waals surface area contributed by atoms with Gasteiger partial charge in [-0.1, -0.05) is 28.1 Å². The predicted octanol–water partition coefficient (Wildman–Crippen LogP) is 2.26. The minimum Gasteiger partial charge on any atom is -0.104 e. The monoisotopic (exact) mass is 202 g/mol. The molecule has 0 heterocycles. The van der Waals surface area contributed by atoms with Gasteiger partial charge in [0.25, 0.3) is 0 Å². The van der Waals surface area contributed by atoms with Gasteiger partial charge in [0, 0.05) is 4.47 Å². The topological polar surface area (TPSA) is 0 Å². The average molecular weight is 203 g/mol. The summed E-state index contributed by atoms with van der Waals surface area (Å²) in [5.74, 6) is 0. The average Bonchev–Trinajstić information content (AvgIpc) is 1.80. The van der Waals surface area contributed by atoms with Gasteiger partial charge >= 0.3 is 0 Å². The number of benzene rings is 1. The molecule has 0 aliphatic carbocycles. The second kappa shape index (κ2) is 2.81. The summed E-state index contributed by atoms with van der Waals surface area (Å²) < 4.78 is 1.16. The summed E-state index contributed by atoms with van der Waals surface area (Å²) in [5, 5.41) is 1.21. The molecule has 1 atom stereocenters. The van der Waals surface area contributed by atoms with Crippen LogP contribution >= 0.6 is 25.2 Å². The molecule has 1 aromatic carbocycles. The zero-order valence-electron chi connectivity index (χ0n) is 5.19. The molecule has 0 aliphatic rings. The molecular formula is C7H8BrP. The van der Waals surface area contributed by atoms with E-state index in [9.17, 15) is 0 Å². The molecule has 0 saturated heterocycles. The molecule has 1 rings (SSSR count). The molecule has 0 aromatic heterocycles. The van der Waals surface area contributed by atoms with Crippen molar-refractivity contribution in [2.75, 3.05) is 0 Å². The molecule has 1 unspecified atom stereocenters. The highest BCUT2D eigenvalue weighted by molar-refractivity contribution is 9.10. The highest BCUT2D eigenvalue weighted by Gasteiger charge is 1.91. The Kier molecular flexibility index (Phi) is 2.26. The minimum absolute atomic E-state index is 1.16. The lowest BCUT2D eigenvalue weighted by Crippen LogP contribution is -1.91. The Labute approximate surface area is 66.0 Å². The molecule has 9 heavy (non-hydrogen) atoms. The van der Waals surface area contributed by atoms with Crippen molar-refractivity contribution in [3.63, 3.8) is 0 Å². The van der Waals surface area contributed by atoms with Crippen LogP contribution in [0.4, 0.5) is 0 Å². The van der Waals surface area contributed by atoms with E-state index in [0.29, 0.717) is 0 Å². The van der Waals surface area contributed by atoms with Crippen LogP contribution in [0.15, 0.2) is 22.7 Å². The first-order valence-corrected chi connectivity index (χ1v) is 4.09. The second-order valence-electron chi connectivity index (χ2n) is 2.02. The van der Waals surface area contributed by atoms with E-state index >= 15 is 0 Å². The van der Waals surface area contributed by atoms with Crippen molar-refractivity contribution < 1.29 is 0 Å². The van der Waals surface area contributed by atoms with Crippen molar-refractivity contribution in [2.24, 2.45) is 0 Å². The fraction of sp³-hybridized carbons (Fsp3) is 0.143. The lowest BCUT2D eigenvalue weighted by molar-refractivity contribution is 1.47. The van der Waals surface area contributed by atoms with E-state index in [1.807, 2.05) is 0 Å². The Balaban J connectivity index is 3.17. The lowest BCUT2D eigenvalue weighted by atomic mass is 10.2. The van der Waals surface area contributed by atoms with Gasteiger partial charge < -0.3 is 0 Å². The van der Waals surface area contributed by atoms with Crippen LogP contribution in [-0.4, -0.2) is 0 Å². The van der Waals surface area contributed by atoms with Crippen LogP contribution in [0.1, 0.15) is 5.56 Å². The van der Waals surface area contributed by atoms with E-state index in [-0.39, 0.29) is 0 Å². The first kappa shape index (κ1) is 7.24. The largest absolute Gasteiger partial charge is 0.104 e. The number of hydrogen-bond donors (Lipinski definition) is 0. The van der Waals surface area contributed by atoms with Crippen molar-refractivity contribution >= 4 is 30.5 Å². The smallest absolute Gasteiger partial charge is 0.0249 e. The van der Waals surface area contributed by atoms with E-state index in [0.717, 1.165) is 4.47 Å². The fourth-order valence-corrected chi connectivity index (χ4v) is 1.30. The Morgan fingerprint density at radius 2 is 2.11 bits per heavy atom. The third-order valence-corrected chi connectivity index (χ3v) is 2.77. The molecule has 0 bridgehead atoms. The molecule has 0 fully saturated rings. The third kappa shape index (κ3) is 1.77. The maximum absolute atomic E-state index is 3.43. The SMILES string of the molecule is Cc1ccc(P)c(Br)c1. The van der Waals surface area contributed by atoms with Crippen LogP contribution in [0.3, 0.4) is 0 Å². The van der Waals surface area contributed by atoms with Crippen LogP contribution in [0, 0.1) is 6.92 Å². The van der Waals surface area contributed by atoms with Gasteiger partial charge in [-0.2, -0.15) is 0 Å². The van der Waals surface area contributed by atoms with E-state index in [1.165, 1.54) is 10.9 Å². The van der Waals surface area contributed by atoms with Crippen molar-refractivity contribution in [1.29, 1.82) is 0 Å².